The number of nitrogens with zero attached hydrogens (tertiary/aromatic N) is 5. The summed E-state index contributed by atoms with van der Waals surface area (Å²) in [5, 5.41) is 19.3. The molecule has 0 atom stereocenters. The molecule has 0 unspecified atom stereocenters. The highest BCUT2D eigenvalue weighted by Gasteiger charge is 2.13. The Balaban J connectivity index is 2.12. The Bertz CT molecular complexity index is 635. The van der Waals surface area contributed by atoms with Crippen LogP contribution in [0.2, 0.25) is 0 Å². The molecule has 7 nitrogen and oxygen atoms in total. The predicted octanol–water partition coefficient (Wildman–Crippen LogP) is 0.511. The van der Waals surface area contributed by atoms with Gasteiger partial charge in [-0.15, -0.1) is 15.3 Å². The third-order valence-electron chi connectivity index (χ3n) is 3.15. The summed E-state index contributed by atoms with van der Waals surface area (Å²) >= 11 is 5.09. The molecule has 2 aromatic heterocycles. The van der Waals surface area contributed by atoms with Crippen molar-refractivity contribution < 1.29 is 0 Å². The lowest BCUT2D eigenvalue weighted by molar-refractivity contribution is 0.785. The smallest absolute Gasteiger partial charge is 0.159 e. The van der Waals surface area contributed by atoms with Gasteiger partial charge >= 0.3 is 0 Å². The van der Waals surface area contributed by atoms with Crippen molar-refractivity contribution in [1.82, 2.24) is 25.0 Å². The summed E-state index contributed by atoms with van der Waals surface area (Å²) < 4.78 is 1.88. The minimum Gasteiger partial charge on any atom is -0.389 e. The molecule has 0 aliphatic carbocycles. The van der Waals surface area contributed by atoms with E-state index in [4.69, 9.17) is 18.0 Å². The molecule has 2 rings (SSSR count). The van der Waals surface area contributed by atoms with Crippen LogP contribution in [0.4, 0.5) is 5.82 Å². The molecule has 0 amide bonds. The van der Waals surface area contributed by atoms with Gasteiger partial charge in [-0.25, -0.2) is 0 Å². The van der Waals surface area contributed by atoms with Gasteiger partial charge in [-0.2, -0.15) is 5.10 Å². The first-order chi connectivity index (χ1) is 9.50. The highest BCUT2D eigenvalue weighted by Crippen LogP contribution is 2.18. The number of hydrogen-bond donors (Lipinski definition) is 2. The molecule has 0 aliphatic heterocycles. The van der Waals surface area contributed by atoms with Crippen molar-refractivity contribution in [3.8, 4) is 0 Å². The highest BCUT2D eigenvalue weighted by atomic mass is 32.1. The Labute approximate surface area is 122 Å². The second-order valence-corrected chi connectivity index (χ2v) is 4.97. The normalized spacial score (nSPS) is 10.6. The maximum absolute atomic E-state index is 5.77. The fourth-order valence-corrected chi connectivity index (χ4v) is 2.11. The Kier molecular flexibility index (Phi) is 4.23. The summed E-state index contributed by atoms with van der Waals surface area (Å²) in [5.41, 5.74) is 8.31. The Hall–Kier alpha value is -2.09. The zero-order valence-corrected chi connectivity index (χ0v) is 12.5. The van der Waals surface area contributed by atoms with E-state index in [0.29, 0.717) is 17.4 Å². The summed E-state index contributed by atoms with van der Waals surface area (Å²) in [7, 11) is 1.91. The predicted molar refractivity (Wildman–Crippen MR) is 80.6 cm³/mol. The van der Waals surface area contributed by atoms with Gasteiger partial charge in [0, 0.05) is 20.0 Å². The molecule has 8 heteroatoms. The first-order valence-electron chi connectivity index (χ1n) is 6.21. The van der Waals surface area contributed by atoms with Gasteiger partial charge in [-0.05, 0) is 19.4 Å². The Morgan fingerprint density at radius 3 is 2.70 bits per heavy atom. The van der Waals surface area contributed by atoms with E-state index in [9.17, 15) is 0 Å². The van der Waals surface area contributed by atoms with E-state index < -0.39 is 0 Å². The third-order valence-corrected chi connectivity index (χ3v) is 3.35. The Morgan fingerprint density at radius 1 is 1.35 bits per heavy atom. The second kappa shape index (κ2) is 5.91. The van der Waals surface area contributed by atoms with Gasteiger partial charge in [0.25, 0.3) is 0 Å². The quantitative estimate of drug-likeness (QED) is 0.775. The summed E-state index contributed by atoms with van der Waals surface area (Å²) in [6, 6.07) is 0. The number of aryl methyl sites for hydroxylation is 2. The Morgan fingerprint density at radius 2 is 2.10 bits per heavy atom. The molecule has 0 radical (unpaired) electrons. The number of thiocarbonyl (C=S) groups is 1. The minimum absolute atomic E-state index is 0.321. The summed E-state index contributed by atoms with van der Waals surface area (Å²) in [5.74, 6) is 1.51. The molecule has 0 fully saturated rings. The summed E-state index contributed by atoms with van der Waals surface area (Å²) in [4.78, 5) is 0.321. The van der Waals surface area contributed by atoms with E-state index >= 15 is 0 Å². The standard InChI is InChI=1S/C12H17N7S/c1-7-8(2)16-18-12(10(7)11(13)20)14-5-4-9-17-15-6-19(9)3/h6H,4-5H2,1-3H3,(H2,13,20)(H,14,18). The number of anilines is 1. The second-order valence-electron chi connectivity index (χ2n) is 4.53. The molecule has 0 spiro atoms. The van der Waals surface area contributed by atoms with E-state index in [1.54, 1.807) is 6.33 Å². The molecule has 0 bridgehead atoms. The average Bonchev–Trinajstić information content (AvgIpc) is 2.79. The average molecular weight is 291 g/mol. The largest absolute Gasteiger partial charge is 0.389 e. The van der Waals surface area contributed by atoms with Gasteiger partial charge in [0.15, 0.2) is 5.82 Å². The highest BCUT2D eigenvalue weighted by molar-refractivity contribution is 7.80. The molecule has 106 valence electrons. The van der Waals surface area contributed by atoms with Crippen molar-refractivity contribution in [2.75, 3.05) is 11.9 Å². The fraction of sp³-hybridized carbons (Fsp3) is 0.417. The van der Waals surface area contributed by atoms with E-state index in [2.05, 4.69) is 25.7 Å². The SMILES string of the molecule is Cc1nnc(NCCc2nncn2C)c(C(N)=S)c1C. The molecule has 20 heavy (non-hydrogen) atoms. The van der Waals surface area contributed by atoms with Crippen LogP contribution in [0.3, 0.4) is 0 Å². The van der Waals surface area contributed by atoms with Crippen molar-refractivity contribution in [2.45, 2.75) is 20.3 Å². The van der Waals surface area contributed by atoms with Crippen LogP contribution in [0.25, 0.3) is 0 Å². The molecular weight excluding hydrogens is 274 g/mol. The lowest BCUT2D eigenvalue weighted by Gasteiger charge is -2.12. The molecule has 2 aromatic rings. The van der Waals surface area contributed by atoms with Gasteiger partial charge in [0.05, 0.1) is 11.3 Å². The lowest BCUT2D eigenvalue weighted by atomic mass is 10.1. The van der Waals surface area contributed by atoms with Crippen LogP contribution in [0.5, 0.6) is 0 Å². The third kappa shape index (κ3) is 2.90. The molecule has 2 heterocycles. The van der Waals surface area contributed by atoms with Gasteiger partial charge in [-0.3, -0.25) is 0 Å². The van der Waals surface area contributed by atoms with Crippen LogP contribution in [0, 0.1) is 13.8 Å². The van der Waals surface area contributed by atoms with Gasteiger partial charge < -0.3 is 15.6 Å². The topological polar surface area (TPSA) is 94.5 Å². The summed E-state index contributed by atoms with van der Waals surface area (Å²) in [6.45, 7) is 4.47. The number of aromatic nitrogens is 5. The first-order valence-corrected chi connectivity index (χ1v) is 6.62. The lowest BCUT2D eigenvalue weighted by Crippen LogP contribution is -2.19. The molecule has 0 aromatic carbocycles. The van der Waals surface area contributed by atoms with Crippen LogP contribution in [0.15, 0.2) is 6.33 Å². The monoisotopic (exact) mass is 291 g/mol. The van der Waals surface area contributed by atoms with Crippen LogP contribution >= 0.6 is 12.2 Å². The maximum atomic E-state index is 5.77. The zero-order valence-electron chi connectivity index (χ0n) is 11.7. The van der Waals surface area contributed by atoms with E-state index in [1.165, 1.54) is 0 Å². The van der Waals surface area contributed by atoms with Crippen molar-refractivity contribution in [1.29, 1.82) is 0 Å². The van der Waals surface area contributed by atoms with Gasteiger partial charge in [0.1, 0.15) is 17.1 Å². The molecule has 0 saturated carbocycles. The van der Waals surface area contributed by atoms with Crippen LogP contribution in [-0.2, 0) is 13.5 Å². The molecular formula is C12H17N7S. The number of rotatable bonds is 5. The summed E-state index contributed by atoms with van der Waals surface area (Å²) in [6.07, 6.45) is 2.40. The first kappa shape index (κ1) is 14.3. The van der Waals surface area contributed by atoms with Crippen LogP contribution in [0.1, 0.15) is 22.6 Å². The molecule has 0 aliphatic rings. The van der Waals surface area contributed by atoms with E-state index in [-0.39, 0.29) is 0 Å². The number of nitrogens with one attached hydrogen (secondary N) is 1. The minimum atomic E-state index is 0.321. The van der Waals surface area contributed by atoms with Crippen molar-refractivity contribution >= 4 is 23.0 Å². The number of hydrogen-bond acceptors (Lipinski definition) is 6. The van der Waals surface area contributed by atoms with Crippen molar-refractivity contribution in [2.24, 2.45) is 12.8 Å². The molecule has 0 saturated heterocycles. The van der Waals surface area contributed by atoms with E-state index in [0.717, 1.165) is 29.1 Å². The number of nitrogens with two attached hydrogens (primary N) is 1. The van der Waals surface area contributed by atoms with E-state index in [1.807, 2.05) is 25.5 Å². The van der Waals surface area contributed by atoms with Gasteiger partial charge in [-0.1, -0.05) is 12.2 Å². The van der Waals surface area contributed by atoms with Crippen LogP contribution < -0.4 is 11.1 Å². The van der Waals surface area contributed by atoms with Gasteiger partial charge in [0.2, 0.25) is 0 Å². The fourth-order valence-electron chi connectivity index (χ4n) is 1.86. The van der Waals surface area contributed by atoms with Crippen molar-refractivity contribution in [3.05, 3.63) is 29.0 Å². The molecule has 3 N–H and O–H groups in total. The zero-order chi connectivity index (χ0) is 14.7. The maximum Gasteiger partial charge on any atom is 0.159 e. The van der Waals surface area contributed by atoms with Crippen LogP contribution in [-0.4, -0.2) is 36.5 Å². The van der Waals surface area contributed by atoms with Crippen molar-refractivity contribution in [3.63, 3.8) is 0 Å².